The summed E-state index contributed by atoms with van der Waals surface area (Å²) in [6.07, 6.45) is 1.97. The highest BCUT2D eigenvalue weighted by atomic mass is 16.3. The van der Waals surface area contributed by atoms with E-state index in [1.54, 1.807) is 36.5 Å². The summed E-state index contributed by atoms with van der Waals surface area (Å²) < 4.78 is 1.31. The maximum Gasteiger partial charge on any atom is 0.270 e. The molecule has 1 amide bonds. The van der Waals surface area contributed by atoms with Crippen molar-refractivity contribution in [1.82, 2.24) is 14.7 Å². The molecule has 0 aliphatic carbocycles. The van der Waals surface area contributed by atoms with E-state index in [-0.39, 0.29) is 12.1 Å². The van der Waals surface area contributed by atoms with Crippen LogP contribution in [0.3, 0.4) is 0 Å². The third kappa shape index (κ3) is 3.18. The molecule has 1 aromatic carbocycles. The Labute approximate surface area is 138 Å². The predicted octanol–water partition coefficient (Wildman–Crippen LogP) is 1.47. The minimum absolute atomic E-state index is 0.0127. The Bertz CT molecular complexity index is 932. The van der Waals surface area contributed by atoms with Crippen molar-refractivity contribution in [2.75, 3.05) is 6.54 Å². The summed E-state index contributed by atoms with van der Waals surface area (Å²) in [5.74, 6) is -0.558. The molecular formula is C18H17N3O3. The van der Waals surface area contributed by atoms with Gasteiger partial charge in [0.15, 0.2) is 0 Å². The number of nitrogens with one attached hydrogen (secondary N) is 1. The lowest BCUT2D eigenvalue weighted by Gasteiger charge is -2.12. The van der Waals surface area contributed by atoms with Crippen molar-refractivity contribution in [2.45, 2.75) is 13.0 Å². The molecule has 6 heteroatoms. The molecule has 0 radical (unpaired) electrons. The molecule has 0 spiro atoms. The summed E-state index contributed by atoms with van der Waals surface area (Å²) in [6, 6.07) is 12.5. The van der Waals surface area contributed by atoms with Gasteiger partial charge in [0.25, 0.3) is 11.5 Å². The first-order chi connectivity index (χ1) is 11.6. The van der Waals surface area contributed by atoms with Gasteiger partial charge in [-0.1, -0.05) is 35.9 Å². The number of hydrogen-bond acceptors (Lipinski definition) is 4. The van der Waals surface area contributed by atoms with Gasteiger partial charge in [-0.3, -0.25) is 14.0 Å². The second-order valence-electron chi connectivity index (χ2n) is 5.54. The molecule has 0 bridgehead atoms. The number of aliphatic hydroxyl groups is 1. The highest BCUT2D eigenvalue weighted by Crippen LogP contribution is 2.12. The minimum Gasteiger partial charge on any atom is -0.387 e. The van der Waals surface area contributed by atoms with E-state index >= 15 is 0 Å². The maximum absolute atomic E-state index is 12.3. The van der Waals surface area contributed by atoms with Gasteiger partial charge in [0.05, 0.1) is 6.10 Å². The van der Waals surface area contributed by atoms with Gasteiger partial charge in [0.2, 0.25) is 0 Å². The Hall–Kier alpha value is -2.99. The molecule has 3 aromatic rings. The van der Waals surface area contributed by atoms with Gasteiger partial charge in [-0.2, -0.15) is 0 Å². The van der Waals surface area contributed by atoms with Crippen LogP contribution in [0.4, 0.5) is 0 Å². The van der Waals surface area contributed by atoms with E-state index in [4.69, 9.17) is 0 Å². The van der Waals surface area contributed by atoms with E-state index in [0.717, 1.165) is 5.56 Å². The van der Waals surface area contributed by atoms with Crippen molar-refractivity contribution in [2.24, 2.45) is 0 Å². The smallest absolute Gasteiger partial charge is 0.270 e. The van der Waals surface area contributed by atoms with Crippen molar-refractivity contribution >= 4 is 11.6 Å². The largest absolute Gasteiger partial charge is 0.387 e. The number of fused-ring (bicyclic) bond motifs is 1. The fourth-order valence-corrected chi connectivity index (χ4v) is 2.37. The summed E-state index contributed by atoms with van der Waals surface area (Å²) >= 11 is 0. The summed E-state index contributed by atoms with van der Waals surface area (Å²) in [4.78, 5) is 28.6. The summed E-state index contributed by atoms with van der Waals surface area (Å²) in [7, 11) is 0. The van der Waals surface area contributed by atoms with Crippen LogP contribution in [0.25, 0.3) is 5.65 Å². The quantitative estimate of drug-likeness (QED) is 0.761. The summed E-state index contributed by atoms with van der Waals surface area (Å²) in [5, 5.41) is 12.7. The molecule has 2 aromatic heterocycles. The molecule has 0 aliphatic heterocycles. The number of pyridine rings is 1. The van der Waals surface area contributed by atoms with E-state index in [2.05, 4.69) is 10.3 Å². The number of aryl methyl sites for hydroxylation is 1. The monoisotopic (exact) mass is 323 g/mol. The van der Waals surface area contributed by atoms with Crippen molar-refractivity contribution in [1.29, 1.82) is 0 Å². The Kier molecular flexibility index (Phi) is 4.39. The molecule has 2 heterocycles. The molecule has 122 valence electrons. The van der Waals surface area contributed by atoms with Crippen LogP contribution >= 0.6 is 0 Å². The molecule has 6 nitrogen and oxygen atoms in total. The first kappa shape index (κ1) is 15.9. The molecule has 3 rings (SSSR count). The number of aromatic nitrogens is 2. The van der Waals surface area contributed by atoms with Crippen LogP contribution in [-0.4, -0.2) is 26.9 Å². The molecule has 0 unspecified atom stereocenters. The van der Waals surface area contributed by atoms with Gasteiger partial charge < -0.3 is 10.4 Å². The average molecular weight is 323 g/mol. The Morgan fingerprint density at radius 1 is 1.25 bits per heavy atom. The van der Waals surface area contributed by atoms with Gasteiger partial charge in [0, 0.05) is 18.9 Å². The van der Waals surface area contributed by atoms with E-state index in [9.17, 15) is 14.7 Å². The normalized spacial score (nSPS) is 12.1. The molecule has 24 heavy (non-hydrogen) atoms. The number of rotatable bonds is 4. The molecule has 2 N–H and O–H groups in total. The van der Waals surface area contributed by atoms with Crippen LogP contribution in [0, 0.1) is 6.92 Å². The zero-order chi connectivity index (χ0) is 17.1. The number of amides is 1. The Morgan fingerprint density at radius 2 is 2.00 bits per heavy atom. The van der Waals surface area contributed by atoms with Gasteiger partial charge in [-0.15, -0.1) is 0 Å². The topological polar surface area (TPSA) is 83.7 Å². The standard InChI is InChI=1S/C18H17N3O3/c1-12-5-7-13(8-6-12)15(22)11-20-17(23)14-10-19-16-4-2-3-9-21(16)18(14)24/h2-10,15,22H,11H2,1H3,(H,20,23)/t15-/m1/s1. The zero-order valence-electron chi connectivity index (χ0n) is 13.1. The minimum atomic E-state index is -0.842. The van der Waals surface area contributed by atoms with Crippen molar-refractivity contribution in [3.63, 3.8) is 0 Å². The summed E-state index contributed by atoms with van der Waals surface area (Å²) in [5.41, 5.74) is 1.76. The number of hydrogen-bond donors (Lipinski definition) is 2. The van der Waals surface area contributed by atoms with E-state index in [1.165, 1.54) is 10.6 Å². The molecule has 0 fully saturated rings. The average Bonchev–Trinajstić information content (AvgIpc) is 2.60. The zero-order valence-corrected chi connectivity index (χ0v) is 13.1. The van der Waals surface area contributed by atoms with Crippen LogP contribution < -0.4 is 10.9 Å². The number of nitrogens with zero attached hydrogens (tertiary/aromatic N) is 2. The van der Waals surface area contributed by atoms with Crippen LogP contribution in [0.1, 0.15) is 27.6 Å². The number of aliphatic hydroxyl groups excluding tert-OH is 1. The van der Waals surface area contributed by atoms with E-state index in [0.29, 0.717) is 11.2 Å². The highest BCUT2D eigenvalue weighted by Gasteiger charge is 2.15. The van der Waals surface area contributed by atoms with Gasteiger partial charge in [0.1, 0.15) is 11.2 Å². The van der Waals surface area contributed by atoms with Crippen LogP contribution in [0.5, 0.6) is 0 Å². The van der Waals surface area contributed by atoms with Crippen LogP contribution in [0.15, 0.2) is 59.7 Å². The van der Waals surface area contributed by atoms with E-state index in [1.807, 2.05) is 19.1 Å². The van der Waals surface area contributed by atoms with Crippen molar-refractivity contribution < 1.29 is 9.90 Å². The molecule has 1 atom stereocenters. The lowest BCUT2D eigenvalue weighted by Crippen LogP contribution is -2.34. The van der Waals surface area contributed by atoms with Gasteiger partial charge >= 0.3 is 0 Å². The van der Waals surface area contributed by atoms with Crippen LogP contribution in [0.2, 0.25) is 0 Å². The molecule has 0 saturated heterocycles. The van der Waals surface area contributed by atoms with Gasteiger partial charge in [-0.05, 0) is 24.6 Å². The van der Waals surface area contributed by atoms with Gasteiger partial charge in [-0.25, -0.2) is 4.98 Å². The highest BCUT2D eigenvalue weighted by molar-refractivity contribution is 5.93. The first-order valence-electron chi connectivity index (χ1n) is 7.55. The number of carbonyl (C=O) groups is 1. The molecule has 0 saturated carbocycles. The fourth-order valence-electron chi connectivity index (χ4n) is 2.37. The Morgan fingerprint density at radius 3 is 2.75 bits per heavy atom. The lowest BCUT2D eigenvalue weighted by molar-refractivity contribution is 0.0914. The third-order valence-corrected chi connectivity index (χ3v) is 3.78. The fraction of sp³-hybridized carbons (Fsp3) is 0.167. The lowest BCUT2D eigenvalue weighted by atomic mass is 10.1. The number of benzene rings is 1. The third-order valence-electron chi connectivity index (χ3n) is 3.78. The Balaban J connectivity index is 1.74. The van der Waals surface area contributed by atoms with Crippen LogP contribution in [-0.2, 0) is 0 Å². The van der Waals surface area contributed by atoms with Crippen molar-refractivity contribution in [3.8, 4) is 0 Å². The predicted molar refractivity (Wildman–Crippen MR) is 89.9 cm³/mol. The van der Waals surface area contributed by atoms with Crippen molar-refractivity contribution in [3.05, 3.63) is 81.9 Å². The second-order valence-corrected chi connectivity index (χ2v) is 5.54. The SMILES string of the molecule is Cc1ccc([C@H](O)CNC(=O)c2cnc3ccccn3c2=O)cc1. The van der Waals surface area contributed by atoms with E-state index < -0.39 is 17.6 Å². The summed E-state index contributed by atoms with van der Waals surface area (Å²) in [6.45, 7) is 1.97. The first-order valence-corrected chi connectivity index (χ1v) is 7.55. The molecule has 0 aliphatic rings. The molecular weight excluding hydrogens is 306 g/mol. The maximum atomic E-state index is 12.3. The second kappa shape index (κ2) is 6.64. The number of carbonyl (C=O) groups excluding carboxylic acids is 1.